The molecule has 0 saturated carbocycles. The topological polar surface area (TPSA) is 29.5 Å². The molecule has 0 heterocycles. The predicted molar refractivity (Wildman–Crippen MR) is 86.5 cm³/mol. The Morgan fingerprint density at radius 1 is 1.22 bits per heavy atom. The molecule has 1 aliphatic carbocycles. The number of aliphatic hydroxyl groups excluding tert-OH is 1. The van der Waals surface area contributed by atoms with Crippen LogP contribution >= 0.6 is 63.7 Å². The number of aliphatic hydroxyl groups is 1. The van der Waals surface area contributed by atoms with Gasteiger partial charge in [-0.05, 0) is 50.1 Å². The lowest BCUT2D eigenvalue weighted by Gasteiger charge is -2.19. The first-order chi connectivity index (χ1) is 8.47. The Morgan fingerprint density at radius 2 is 1.94 bits per heavy atom. The van der Waals surface area contributed by atoms with E-state index in [1.165, 1.54) is 0 Å². The molecule has 0 radical (unpaired) electrons. The predicted octanol–water partition coefficient (Wildman–Crippen LogP) is 5.81. The first-order valence-electron chi connectivity index (χ1n) is 5.04. The Bertz CT molecular complexity index is 537. The van der Waals surface area contributed by atoms with Gasteiger partial charge in [0, 0.05) is 15.7 Å². The number of halogens is 4. The lowest BCUT2D eigenvalue weighted by Crippen LogP contribution is -2.11. The van der Waals surface area contributed by atoms with Crippen LogP contribution < -0.4 is 4.74 Å². The molecule has 1 aromatic carbocycles. The van der Waals surface area contributed by atoms with Crippen molar-refractivity contribution in [1.82, 2.24) is 0 Å². The zero-order chi connectivity index (χ0) is 13.3. The van der Waals surface area contributed by atoms with Gasteiger partial charge in [0.15, 0.2) is 5.76 Å². The zero-order valence-electron chi connectivity index (χ0n) is 8.96. The molecule has 1 aromatic rings. The Morgan fingerprint density at radius 3 is 2.61 bits per heavy atom. The van der Waals surface area contributed by atoms with Gasteiger partial charge in [-0.2, -0.15) is 0 Å². The summed E-state index contributed by atoms with van der Waals surface area (Å²) >= 11 is 13.6. The molecule has 1 aliphatic rings. The van der Waals surface area contributed by atoms with Crippen LogP contribution in [0.2, 0.25) is 0 Å². The summed E-state index contributed by atoms with van der Waals surface area (Å²) in [7, 11) is 0. The van der Waals surface area contributed by atoms with E-state index in [4.69, 9.17) is 4.74 Å². The lowest BCUT2D eigenvalue weighted by atomic mass is 10.1. The molecule has 0 amide bonds. The van der Waals surface area contributed by atoms with Gasteiger partial charge in [-0.15, -0.1) is 0 Å². The minimum absolute atomic E-state index is 0.139. The number of benzene rings is 1. The van der Waals surface area contributed by atoms with Gasteiger partial charge >= 0.3 is 0 Å². The van der Waals surface area contributed by atoms with Crippen LogP contribution in [0.5, 0.6) is 5.75 Å². The van der Waals surface area contributed by atoms with E-state index in [0.29, 0.717) is 22.4 Å². The van der Waals surface area contributed by atoms with Crippen LogP contribution in [0.25, 0.3) is 0 Å². The molecule has 2 rings (SSSR count). The largest absolute Gasteiger partial charge is 0.504 e. The van der Waals surface area contributed by atoms with Crippen molar-refractivity contribution in [2.45, 2.75) is 11.2 Å². The summed E-state index contributed by atoms with van der Waals surface area (Å²) in [5, 5.41) is 9.96. The van der Waals surface area contributed by atoms with Gasteiger partial charge in [-0.1, -0.05) is 37.9 Å². The van der Waals surface area contributed by atoms with Crippen LogP contribution in [0.4, 0.5) is 0 Å². The van der Waals surface area contributed by atoms with Crippen molar-refractivity contribution in [1.29, 1.82) is 0 Å². The molecule has 0 fully saturated rings. The standard InChI is InChI=1S/C12H8Br4O2/c13-6-1-2-10(8(15)3-6)18-11-5-7(14)4-9(16)12(11)17/h1-4,7,17H,5H2. The van der Waals surface area contributed by atoms with Crippen LogP contribution in [-0.2, 0) is 0 Å². The Hall–Kier alpha value is 0.220. The Balaban J connectivity index is 2.28. The molecule has 0 bridgehead atoms. The Kier molecular flexibility index (Phi) is 4.97. The second-order valence-electron chi connectivity index (χ2n) is 3.68. The number of hydrogen-bond donors (Lipinski definition) is 1. The van der Waals surface area contributed by atoms with Gasteiger partial charge in [0.05, 0.1) is 8.96 Å². The van der Waals surface area contributed by atoms with Crippen molar-refractivity contribution in [3.05, 3.63) is 49.2 Å². The monoisotopic (exact) mass is 500 g/mol. The van der Waals surface area contributed by atoms with E-state index < -0.39 is 0 Å². The lowest BCUT2D eigenvalue weighted by molar-refractivity contribution is 0.330. The van der Waals surface area contributed by atoms with Crippen molar-refractivity contribution in [3.63, 3.8) is 0 Å². The summed E-state index contributed by atoms with van der Waals surface area (Å²) < 4.78 is 8.18. The number of rotatable bonds is 2. The second-order valence-corrected chi connectivity index (χ2v) is 7.48. The Labute approximate surface area is 139 Å². The van der Waals surface area contributed by atoms with Gasteiger partial charge in [-0.25, -0.2) is 0 Å². The minimum Gasteiger partial charge on any atom is -0.504 e. The normalized spacial score (nSPS) is 19.8. The molecule has 1 unspecified atom stereocenters. The fourth-order valence-electron chi connectivity index (χ4n) is 1.48. The van der Waals surface area contributed by atoms with Crippen LogP contribution in [0.15, 0.2) is 49.2 Å². The van der Waals surface area contributed by atoms with Crippen molar-refractivity contribution in [3.8, 4) is 5.75 Å². The van der Waals surface area contributed by atoms with Crippen LogP contribution in [0.3, 0.4) is 0 Å². The fraction of sp³-hybridized carbons (Fsp3) is 0.167. The third-order valence-corrected chi connectivity index (χ3v) is 4.67. The first-order valence-corrected chi connectivity index (χ1v) is 8.33. The summed E-state index contributed by atoms with van der Waals surface area (Å²) in [5.74, 6) is 1.34. The summed E-state index contributed by atoms with van der Waals surface area (Å²) in [6.45, 7) is 0. The highest BCUT2D eigenvalue weighted by Crippen LogP contribution is 2.35. The van der Waals surface area contributed by atoms with Crippen LogP contribution in [0.1, 0.15) is 6.42 Å². The van der Waals surface area contributed by atoms with Crippen LogP contribution in [0, 0.1) is 0 Å². The fourth-order valence-corrected chi connectivity index (χ4v) is 4.07. The minimum atomic E-state index is 0.139. The summed E-state index contributed by atoms with van der Waals surface area (Å²) in [6, 6.07) is 5.62. The van der Waals surface area contributed by atoms with E-state index in [9.17, 15) is 5.11 Å². The molecule has 0 aromatic heterocycles. The van der Waals surface area contributed by atoms with Crippen LogP contribution in [-0.4, -0.2) is 9.93 Å². The maximum Gasteiger partial charge on any atom is 0.168 e. The third kappa shape index (κ3) is 3.40. The molecular formula is C12H8Br4O2. The highest BCUT2D eigenvalue weighted by molar-refractivity contribution is 9.12. The van der Waals surface area contributed by atoms with Gasteiger partial charge in [-0.3, -0.25) is 0 Å². The highest BCUT2D eigenvalue weighted by atomic mass is 79.9. The average Bonchev–Trinajstić information content (AvgIpc) is 2.29. The number of alkyl halides is 1. The van der Waals surface area contributed by atoms with Crippen molar-refractivity contribution in [2.24, 2.45) is 0 Å². The smallest absolute Gasteiger partial charge is 0.168 e. The van der Waals surface area contributed by atoms with E-state index in [2.05, 4.69) is 63.7 Å². The number of hydrogen-bond acceptors (Lipinski definition) is 2. The zero-order valence-corrected chi connectivity index (χ0v) is 15.3. The highest BCUT2D eigenvalue weighted by Gasteiger charge is 2.21. The molecule has 96 valence electrons. The number of allylic oxidation sites excluding steroid dienone is 3. The molecule has 0 aliphatic heterocycles. The van der Waals surface area contributed by atoms with Gasteiger partial charge in [0.1, 0.15) is 11.5 Å². The SMILES string of the molecule is OC1=C(Oc2ccc(Br)cc2Br)CC(Br)C=C1Br. The third-order valence-electron chi connectivity index (χ3n) is 2.32. The van der Waals surface area contributed by atoms with Gasteiger partial charge < -0.3 is 9.84 Å². The van der Waals surface area contributed by atoms with Crippen molar-refractivity contribution < 1.29 is 9.84 Å². The van der Waals surface area contributed by atoms with E-state index in [1.54, 1.807) is 0 Å². The molecule has 18 heavy (non-hydrogen) atoms. The summed E-state index contributed by atoms with van der Waals surface area (Å²) in [5.41, 5.74) is 0. The van der Waals surface area contributed by atoms with E-state index in [-0.39, 0.29) is 10.6 Å². The van der Waals surface area contributed by atoms with Crippen molar-refractivity contribution >= 4 is 63.7 Å². The molecule has 0 spiro atoms. The number of ether oxygens (including phenoxy) is 1. The molecular weight excluding hydrogens is 496 g/mol. The second kappa shape index (κ2) is 6.11. The van der Waals surface area contributed by atoms with Crippen molar-refractivity contribution in [2.75, 3.05) is 0 Å². The molecule has 6 heteroatoms. The van der Waals surface area contributed by atoms with E-state index in [0.717, 1.165) is 8.95 Å². The van der Waals surface area contributed by atoms with Gasteiger partial charge in [0.2, 0.25) is 0 Å². The molecule has 0 saturated heterocycles. The maximum absolute atomic E-state index is 9.96. The molecule has 1 N–H and O–H groups in total. The quantitative estimate of drug-likeness (QED) is 0.517. The van der Waals surface area contributed by atoms with Gasteiger partial charge in [0.25, 0.3) is 0 Å². The van der Waals surface area contributed by atoms with E-state index in [1.807, 2.05) is 24.3 Å². The average molecular weight is 504 g/mol. The molecule has 2 nitrogen and oxygen atoms in total. The molecule has 1 atom stereocenters. The summed E-state index contributed by atoms with van der Waals surface area (Å²) in [4.78, 5) is 0.145. The summed E-state index contributed by atoms with van der Waals surface area (Å²) in [6.07, 6.45) is 2.49. The first kappa shape index (κ1) is 14.6. The maximum atomic E-state index is 9.96. The van der Waals surface area contributed by atoms with E-state index >= 15 is 0 Å².